The minimum Gasteiger partial charge on any atom is -0.459 e. The highest BCUT2D eigenvalue weighted by Crippen LogP contribution is 2.30. The van der Waals surface area contributed by atoms with Crippen LogP contribution in [0.5, 0.6) is 0 Å². The van der Waals surface area contributed by atoms with Gasteiger partial charge < -0.3 is 9.73 Å². The molecule has 1 heterocycles. The Morgan fingerprint density at radius 3 is 2.45 bits per heavy atom. The molecule has 0 fully saturated rings. The molecular weight excluding hydrogens is 267 g/mol. The molecule has 1 aromatic heterocycles. The predicted octanol–water partition coefficient (Wildman–Crippen LogP) is 4.73. The highest BCUT2D eigenvalue weighted by molar-refractivity contribution is 5.82. The fraction of sp³-hybridized carbons (Fsp3) is 0.467. The highest BCUT2D eigenvalue weighted by atomic mass is 19.4. The largest absolute Gasteiger partial charge is 0.459 e. The average Bonchev–Trinajstić information content (AvgIpc) is 2.65. The maximum Gasteiger partial charge on any atom is 0.390 e. The molecule has 0 radical (unpaired) electrons. The van der Waals surface area contributed by atoms with Crippen LogP contribution >= 0.6 is 0 Å². The van der Waals surface area contributed by atoms with Crippen molar-refractivity contribution >= 4 is 11.0 Å². The van der Waals surface area contributed by atoms with Crippen molar-refractivity contribution in [3.63, 3.8) is 0 Å². The van der Waals surface area contributed by atoms with Crippen molar-refractivity contribution in [2.75, 3.05) is 0 Å². The first-order chi connectivity index (χ1) is 9.28. The van der Waals surface area contributed by atoms with E-state index in [1.54, 1.807) is 0 Å². The predicted molar refractivity (Wildman–Crippen MR) is 72.6 cm³/mol. The molecule has 0 aliphatic carbocycles. The van der Waals surface area contributed by atoms with Crippen molar-refractivity contribution in [1.82, 2.24) is 5.32 Å². The van der Waals surface area contributed by atoms with Gasteiger partial charge in [-0.25, -0.2) is 0 Å². The van der Waals surface area contributed by atoms with Gasteiger partial charge in [0, 0.05) is 11.4 Å². The average molecular weight is 285 g/mol. The van der Waals surface area contributed by atoms with Crippen LogP contribution in [0.25, 0.3) is 11.0 Å². The second kappa shape index (κ2) is 5.48. The fourth-order valence-corrected chi connectivity index (χ4v) is 2.51. The van der Waals surface area contributed by atoms with E-state index >= 15 is 0 Å². The number of para-hydroxylation sites is 1. The van der Waals surface area contributed by atoms with E-state index in [-0.39, 0.29) is 6.04 Å². The molecule has 2 atom stereocenters. The third-order valence-corrected chi connectivity index (χ3v) is 3.35. The summed E-state index contributed by atoms with van der Waals surface area (Å²) in [4.78, 5) is 0. The van der Waals surface area contributed by atoms with Gasteiger partial charge in [0.2, 0.25) is 0 Å². The van der Waals surface area contributed by atoms with Gasteiger partial charge in [0.15, 0.2) is 0 Å². The summed E-state index contributed by atoms with van der Waals surface area (Å²) >= 11 is 0. The SMILES string of the molecule is Cc1c(C(C)NC(C)CC(F)(F)F)oc2ccccc12. The third kappa shape index (κ3) is 3.33. The number of hydrogen-bond donors (Lipinski definition) is 1. The van der Waals surface area contributed by atoms with Crippen molar-refractivity contribution in [2.45, 2.75) is 45.5 Å². The van der Waals surface area contributed by atoms with Crippen LogP contribution in [0.3, 0.4) is 0 Å². The number of nitrogens with one attached hydrogen (secondary N) is 1. The van der Waals surface area contributed by atoms with E-state index in [2.05, 4.69) is 5.32 Å². The van der Waals surface area contributed by atoms with Gasteiger partial charge in [-0.15, -0.1) is 0 Å². The Hall–Kier alpha value is -1.49. The van der Waals surface area contributed by atoms with Crippen LogP contribution in [-0.4, -0.2) is 12.2 Å². The number of alkyl halides is 3. The second-order valence-corrected chi connectivity index (χ2v) is 5.20. The summed E-state index contributed by atoms with van der Waals surface area (Å²) in [7, 11) is 0. The Morgan fingerprint density at radius 2 is 1.85 bits per heavy atom. The lowest BCUT2D eigenvalue weighted by molar-refractivity contribution is -0.139. The highest BCUT2D eigenvalue weighted by Gasteiger charge is 2.31. The summed E-state index contributed by atoms with van der Waals surface area (Å²) in [6, 6.07) is 6.68. The van der Waals surface area contributed by atoms with E-state index in [4.69, 9.17) is 4.42 Å². The quantitative estimate of drug-likeness (QED) is 0.878. The van der Waals surface area contributed by atoms with Gasteiger partial charge in [0.1, 0.15) is 11.3 Å². The van der Waals surface area contributed by atoms with Crippen molar-refractivity contribution in [1.29, 1.82) is 0 Å². The number of aryl methyl sites for hydroxylation is 1. The van der Waals surface area contributed by atoms with E-state index in [1.807, 2.05) is 38.1 Å². The van der Waals surface area contributed by atoms with Crippen LogP contribution in [0.4, 0.5) is 13.2 Å². The third-order valence-electron chi connectivity index (χ3n) is 3.35. The fourth-order valence-electron chi connectivity index (χ4n) is 2.51. The molecule has 110 valence electrons. The molecule has 0 spiro atoms. The molecule has 1 N–H and O–H groups in total. The number of rotatable bonds is 4. The van der Waals surface area contributed by atoms with Gasteiger partial charge in [-0.1, -0.05) is 18.2 Å². The second-order valence-electron chi connectivity index (χ2n) is 5.20. The van der Waals surface area contributed by atoms with Gasteiger partial charge >= 0.3 is 6.18 Å². The molecule has 0 saturated carbocycles. The lowest BCUT2D eigenvalue weighted by Crippen LogP contribution is -2.33. The summed E-state index contributed by atoms with van der Waals surface area (Å²) in [5, 5.41) is 3.94. The molecule has 0 aliphatic rings. The van der Waals surface area contributed by atoms with Crippen molar-refractivity contribution in [3.05, 3.63) is 35.6 Å². The van der Waals surface area contributed by atoms with E-state index in [0.29, 0.717) is 5.76 Å². The van der Waals surface area contributed by atoms with Gasteiger partial charge in [-0.05, 0) is 32.4 Å². The van der Waals surface area contributed by atoms with Crippen LogP contribution in [0.15, 0.2) is 28.7 Å². The summed E-state index contributed by atoms with van der Waals surface area (Å²) in [6.07, 6.45) is -5.01. The maximum atomic E-state index is 12.3. The normalized spacial score (nSPS) is 15.5. The molecular formula is C15H18F3NO. The van der Waals surface area contributed by atoms with Crippen molar-refractivity contribution < 1.29 is 17.6 Å². The zero-order valence-electron chi connectivity index (χ0n) is 11.7. The van der Waals surface area contributed by atoms with Crippen LogP contribution in [0.2, 0.25) is 0 Å². The van der Waals surface area contributed by atoms with Gasteiger partial charge in [0.05, 0.1) is 12.5 Å². The monoisotopic (exact) mass is 285 g/mol. The summed E-state index contributed by atoms with van der Waals surface area (Å²) in [5.74, 6) is 0.695. The van der Waals surface area contributed by atoms with Crippen molar-refractivity contribution in [3.8, 4) is 0 Å². The summed E-state index contributed by atoms with van der Waals surface area (Å²) in [6.45, 7) is 5.27. The van der Waals surface area contributed by atoms with E-state index < -0.39 is 18.6 Å². The molecule has 20 heavy (non-hydrogen) atoms. The van der Waals surface area contributed by atoms with Crippen molar-refractivity contribution in [2.24, 2.45) is 0 Å². The number of benzene rings is 1. The molecule has 0 saturated heterocycles. The van der Waals surface area contributed by atoms with E-state index in [9.17, 15) is 13.2 Å². The summed E-state index contributed by atoms with van der Waals surface area (Å²) in [5.41, 5.74) is 1.73. The zero-order chi connectivity index (χ0) is 14.9. The smallest absolute Gasteiger partial charge is 0.390 e. The molecule has 0 bridgehead atoms. The van der Waals surface area contributed by atoms with Gasteiger partial charge in [-0.3, -0.25) is 0 Å². The molecule has 2 unspecified atom stereocenters. The molecule has 2 rings (SSSR count). The minimum atomic E-state index is -4.16. The maximum absolute atomic E-state index is 12.3. The zero-order valence-corrected chi connectivity index (χ0v) is 11.7. The Kier molecular flexibility index (Phi) is 4.09. The lowest BCUT2D eigenvalue weighted by atomic mass is 10.1. The molecule has 5 heteroatoms. The van der Waals surface area contributed by atoms with Crippen LogP contribution in [-0.2, 0) is 0 Å². The first kappa shape index (κ1) is 14.9. The number of hydrogen-bond acceptors (Lipinski definition) is 2. The number of halogens is 3. The first-order valence-electron chi connectivity index (χ1n) is 6.59. The Balaban J connectivity index is 2.15. The van der Waals surface area contributed by atoms with Crippen LogP contribution in [0, 0.1) is 6.92 Å². The molecule has 1 aromatic carbocycles. The standard InChI is InChI=1S/C15H18F3NO/c1-9(8-15(16,17)18)19-11(3)14-10(2)12-6-4-5-7-13(12)20-14/h4-7,9,11,19H,8H2,1-3H3. The topological polar surface area (TPSA) is 25.2 Å². The number of fused-ring (bicyclic) bond motifs is 1. The minimum absolute atomic E-state index is 0.264. The Labute approximate surface area is 116 Å². The van der Waals surface area contributed by atoms with Crippen LogP contribution < -0.4 is 5.32 Å². The number of furan rings is 1. The molecule has 2 aromatic rings. The Bertz CT molecular complexity index is 588. The molecule has 0 aliphatic heterocycles. The van der Waals surface area contributed by atoms with Gasteiger partial charge in [0.25, 0.3) is 0 Å². The Morgan fingerprint density at radius 1 is 1.20 bits per heavy atom. The van der Waals surface area contributed by atoms with E-state index in [1.165, 1.54) is 6.92 Å². The lowest BCUT2D eigenvalue weighted by Gasteiger charge is -2.20. The summed E-state index contributed by atoms with van der Waals surface area (Å²) < 4.78 is 42.8. The molecule has 0 amide bonds. The van der Waals surface area contributed by atoms with Gasteiger partial charge in [-0.2, -0.15) is 13.2 Å². The molecule has 2 nitrogen and oxygen atoms in total. The van der Waals surface area contributed by atoms with Crippen LogP contribution in [0.1, 0.15) is 37.6 Å². The first-order valence-corrected chi connectivity index (χ1v) is 6.59. The van der Waals surface area contributed by atoms with E-state index in [0.717, 1.165) is 16.5 Å².